The SMILES string of the molecule is CCCCCCCCCCCCCC(=O)OC[C@@H](O)COP(=O)(O)OCCCC(=O)C[N+](C)(CCN=[N+]=[N-])CCN=[N+]=[N-]. The van der Waals surface area contributed by atoms with E-state index in [4.69, 9.17) is 24.8 Å². The van der Waals surface area contributed by atoms with Gasteiger partial charge in [-0.25, -0.2) is 4.57 Å². The van der Waals surface area contributed by atoms with Crippen LogP contribution >= 0.6 is 7.82 Å². The number of nitrogens with zero attached hydrogens (tertiary/aromatic N) is 7. The molecule has 0 aromatic carbocycles. The van der Waals surface area contributed by atoms with E-state index in [1.165, 1.54) is 44.9 Å². The Morgan fingerprint density at radius 1 is 0.837 bits per heavy atom. The Kier molecular flexibility index (Phi) is 24.9. The molecule has 248 valence electrons. The van der Waals surface area contributed by atoms with Gasteiger partial charge in [-0.15, -0.1) is 0 Å². The highest BCUT2D eigenvalue weighted by molar-refractivity contribution is 7.47. The van der Waals surface area contributed by atoms with Gasteiger partial charge in [0.1, 0.15) is 19.3 Å². The number of unbranched alkanes of at least 4 members (excludes halogenated alkanes) is 10. The van der Waals surface area contributed by atoms with Crippen LogP contribution in [0.2, 0.25) is 0 Å². The van der Waals surface area contributed by atoms with Crippen molar-refractivity contribution in [3.8, 4) is 0 Å². The Balaban J connectivity index is 4.06. The number of carbonyl (C=O) groups excluding carboxylic acids is 2. The fourth-order valence-corrected chi connectivity index (χ4v) is 5.14. The second-order valence-electron chi connectivity index (χ2n) is 11.0. The fourth-order valence-electron chi connectivity index (χ4n) is 4.35. The van der Waals surface area contributed by atoms with Crippen molar-refractivity contribution in [2.45, 2.75) is 103 Å². The van der Waals surface area contributed by atoms with Gasteiger partial charge in [0.15, 0.2) is 5.78 Å². The minimum absolute atomic E-state index is 0.0641. The van der Waals surface area contributed by atoms with Crippen molar-refractivity contribution in [3.05, 3.63) is 20.9 Å². The molecular formula is C27H53N7O8P+. The van der Waals surface area contributed by atoms with Gasteiger partial charge in [0.25, 0.3) is 0 Å². The van der Waals surface area contributed by atoms with Gasteiger partial charge in [0.05, 0.1) is 46.4 Å². The molecule has 0 aliphatic heterocycles. The number of hydrogen-bond donors (Lipinski definition) is 2. The molecule has 0 radical (unpaired) electrons. The molecule has 2 N–H and O–H groups in total. The Morgan fingerprint density at radius 2 is 1.37 bits per heavy atom. The van der Waals surface area contributed by atoms with Crippen LogP contribution < -0.4 is 0 Å². The number of quaternary nitrogens is 1. The number of hydrogen-bond acceptors (Lipinski definition) is 9. The second-order valence-corrected chi connectivity index (χ2v) is 12.4. The lowest BCUT2D eigenvalue weighted by molar-refractivity contribution is -0.899. The molecule has 0 saturated heterocycles. The number of ether oxygens (including phenoxy) is 1. The Labute approximate surface area is 255 Å². The monoisotopic (exact) mass is 634 g/mol. The average Bonchev–Trinajstić information content (AvgIpc) is 2.96. The van der Waals surface area contributed by atoms with Gasteiger partial charge in [-0.2, -0.15) is 0 Å². The Bertz CT molecular complexity index is 892. The zero-order chi connectivity index (χ0) is 32.2. The van der Waals surface area contributed by atoms with Gasteiger partial charge in [-0.05, 0) is 23.9 Å². The lowest BCUT2D eigenvalue weighted by atomic mass is 10.1. The van der Waals surface area contributed by atoms with Crippen molar-refractivity contribution in [1.82, 2.24) is 0 Å². The largest absolute Gasteiger partial charge is 0.472 e. The molecule has 0 rings (SSSR count). The molecule has 0 bridgehead atoms. The molecule has 0 aromatic rings. The third-order valence-electron chi connectivity index (χ3n) is 6.87. The molecule has 16 heteroatoms. The normalized spacial score (nSPS) is 14.5. The summed E-state index contributed by atoms with van der Waals surface area (Å²) >= 11 is 0. The predicted octanol–water partition coefficient (Wildman–Crippen LogP) is 6.14. The molecule has 15 nitrogen and oxygen atoms in total. The summed E-state index contributed by atoms with van der Waals surface area (Å²) in [6.45, 7) is 2.26. The summed E-state index contributed by atoms with van der Waals surface area (Å²) in [6.07, 6.45) is 12.1. The van der Waals surface area contributed by atoms with Gasteiger partial charge in [-0.1, -0.05) is 81.4 Å². The smallest absolute Gasteiger partial charge is 0.463 e. The number of esters is 1. The van der Waals surface area contributed by atoms with E-state index in [9.17, 15) is 24.2 Å². The van der Waals surface area contributed by atoms with E-state index in [0.29, 0.717) is 19.5 Å². The van der Waals surface area contributed by atoms with Crippen LogP contribution in [0.3, 0.4) is 0 Å². The molecule has 0 aromatic heterocycles. The summed E-state index contributed by atoms with van der Waals surface area (Å²) in [7, 11) is -2.70. The molecule has 1 unspecified atom stereocenters. The van der Waals surface area contributed by atoms with E-state index >= 15 is 0 Å². The van der Waals surface area contributed by atoms with Gasteiger partial charge in [0, 0.05) is 22.7 Å². The lowest BCUT2D eigenvalue weighted by Gasteiger charge is -2.33. The lowest BCUT2D eigenvalue weighted by Crippen LogP contribution is -2.50. The van der Waals surface area contributed by atoms with Crippen molar-refractivity contribution in [2.75, 3.05) is 59.6 Å². The predicted molar refractivity (Wildman–Crippen MR) is 163 cm³/mol. The highest BCUT2D eigenvalue weighted by atomic mass is 31.2. The molecule has 43 heavy (non-hydrogen) atoms. The van der Waals surface area contributed by atoms with E-state index < -0.39 is 26.5 Å². The number of aliphatic hydroxyl groups is 1. The van der Waals surface area contributed by atoms with Crippen LogP contribution in [0.5, 0.6) is 0 Å². The van der Waals surface area contributed by atoms with E-state index in [1.807, 2.05) is 0 Å². The molecule has 2 atom stereocenters. The van der Waals surface area contributed by atoms with Crippen LogP contribution in [-0.2, 0) is 27.9 Å². The maximum absolute atomic E-state index is 12.4. The summed E-state index contributed by atoms with van der Waals surface area (Å²) in [5, 5.41) is 16.9. The van der Waals surface area contributed by atoms with Crippen LogP contribution in [0.15, 0.2) is 10.2 Å². The van der Waals surface area contributed by atoms with Crippen LogP contribution in [-0.4, -0.2) is 91.9 Å². The standard InChI is InChI=1S/C27H52N7O8P/c1-3-4-5-6-7-8-9-10-11-12-13-16-27(37)40-23-26(36)24-42-43(38,39)41-21-14-15-25(35)22-34(2,19-17-30-32-28)20-18-31-33-29/h26,36H,3-24H2,1-2H3/p+1/t26-/m1/s1. The Morgan fingerprint density at radius 3 is 1.91 bits per heavy atom. The number of azide groups is 2. The van der Waals surface area contributed by atoms with Crippen molar-refractivity contribution in [3.63, 3.8) is 0 Å². The van der Waals surface area contributed by atoms with Crippen molar-refractivity contribution < 1.29 is 42.4 Å². The van der Waals surface area contributed by atoms with Gasteiger partial charge in [0.2, 0.25) is 0 Å². The zero-order valence-corrected chi connectivity index (χ0v) is 26.9. The van der Waals surface area contributed by atoms with Gasteiger partial charge >= 0.3 is 13.8 Å². The summed E-state index contributed by atoms with van der Waals surface area (Å²) < 4.78 is 26.9. The maximum Gasteiger partial charge on any atom is 0.472 e. The topological polar surface area (TPSA) is 217 Å². The molecule has 0 heterocycles. The highest BCUT2D eigenvalue weighted by Crippen LogP contribution is 2.43. The molecule has 0 aliphatic rings. The van der Waals surface area contributed by atoms with Gasteiger partial charge in [-0.3, -0.25) is 18.6 Å². The maximum atomic E-state index is 12.4. The quantitative estimate of drug-likeness (QED) is 0.0177. The number of likely N-dealkylation sites (N-methyl/N-ethyl adjacent to an activating group) is 1. The summed E-state index contributed by atoms with van der Waals surface area (Å²) in [6, 6.07) is 0. The third-order valence-corrected chi connectivity index (χ3v) is 7.85. The molecule has 0 fully saturated rings. The number of aliphatic hydroxyl groups excluding tert-OH is 1. The number of ketones is 1. The van der Waals surface area contributed by atoms with E-state index in [2.05, 4.69) is 27.0 Å². The molecule has 0 amide bonds. The first-order valence-electron chi connectivity index (χ1n) is 15.4. The third kappa shape index (κ3) is 26.0. The first kappa shape index (κ1) is 40.8. The minimum Gasteiger partial charge on any atom is -0.463 e. The van der Waals surface area contributed by atoms with Crippen LogP contribution in [0.25, 0.3) is 20.9 Å². The average molecular weight is 635 g/mol. The second kappa shape index (κ2) is 26.2. The number of phosphoric acid groups is 1. The number of rotatable bonds is 30. The number of phosphoric ester groups is 1. The number of Topliss-reactive ketones (excluding diaryl/α,β-unsaturated/α-hetero) is 1. The van der Waals surface area contributed by atoms with E-state index in [0.717, 1.165) is 19.3 Å². The van der Waals surface area contributed by atoms with Crippen molar-refractivity contribution in [1.29, 1.82) is 0 Å². The van der Waals surface area contributed by atoms with E-state index in [-0.39, 0.29) is 62.4 Å². The summed E-state index contributed by atoms with van der Waals surface area (Å²) in [4.78, 5) is 39.6. The first-order chi connectivity index (χ1) is 20.6. The molecular weight excluding hydrogens is 581 g/mol. The van der Waals surface area contributed by atoms with E-state index in [1.54, 1.807) is 7.05 Å². The van der Waals surface area contributed by atoms with Crippen LogP contribution in [0, 0.1) is 0 Å². The van der Waals surface area contributed by atoms with Crippen LogP contribution in [0.1, 0.15) is 96.8 Å². The minimum atomic E-state index is -4.48. The molecule has 0 saturated carbocycles. The van der Waals surface area contributed by atoms with Crippen molar-refractivity contribution in [2.24, 2.45) is 10.2 Å². The van der Waals surface area contributed by atoms with Gasteiger partial charge < -0.3 is 19.2 Å². The molecule has 0 aliphatic carbocycles. The summed E-state index contributed by atoms with van der Waals surface area (Å²) in [5.74, 6) is -0.583. The Hall–Kier alpha value is -2.21. The fraction of sp³-hybridized carbons (Fsp3) is 0.926. The van der Waals surface area contributed by atoms with Crippen LogP contribution in [0.4, 0.5) is 0 Å². The number of carbonyl (C=O) groups is 2. The highest BCUT2D eigenvalue weighted by Gasteiger charge is 2.26. The molecule has 0 spiro atoms. The summed E-state index contributed by atoms with van der Waals surface area (Å²) in [5.41, 5.74) is 17.0. The zero-order valence-electron chi connectivity index (χ0n) is 26.1. The first-order valence-corrected chi connectivity index (χ1v) is 16.9. The van der Waals surface area contributed by atoms with Crippen molar-refractivity contribution >= 4 is 19.6 Å².